The van der Waals surface area contributed by atoms with Crippen LogP contribution in [0.3, 0.4) is 0 Å². The molecule has 2 aromatic rings. The highest BCUT2D eigenvalue weighted by atomic mass is 16.4. The molecule has 2 heterocycles. The molecule has 0 unspecified atom stereocenters. The van der Waals surface area contributed by atoms with Gasteiger partial charge in [0, 0.05) is 11.6 Å². The molecule has 0 fully saturated rings. The average Bonchev–Trinajstić information content (AvgIpc) is 2.77. The van der Waals surface area contributed by atoms with Gasteiger partial charge < -0.3 is 4.42 Å². The maximum Gasteiger partial charge on any atom is 0.322 e. The molecule has 0 saturated carbocycles. The maximum atomic E-state index is 11.7. The Hall–Kier alpha value is -2.24. The molecule has 0 aliphatic carbocycles. The first-order chi connectivity index (χ1) is 8.47. The van der Waals surface area contributed by atoms with Crippen molar-refractivity contribution in [3.05, 3.63) is 24.4 Å². The minimum Gasteiger partial charge on any atom is -0.401 e. The Bertz CT molecular complexity index is 543. The minimum atomic E-state index is -0.514. The number of anilines is 1. The van der Waals surface area contributed by atoms with Gasteiger partial charge in [-0.25, -0.2) is 0 Å². The number of aromatic nitrogens is 3. The number of hydrogen-bond donors (Lipinski definition) is 1. The molecule has 6 heteroatoms. The summed E-state index contributed by atoms with van der Waals surface area (Å²) in [5, 5.41) is 10.2. The molecule has 0 aliphatic heterocycles. The molecular weight excluding hydrogens is 232 g/mol. The molecule has 6 nitrogen and oxygen atoms in total. The van der Waals surface area contributed by atoms with Crippen LogP contribution in [0.15, 0.2) is 28.8 Å². The number of hydrogen-bond acceptors (Lipinski definition) is 5. The number of carbonyl (C=O) groups is 1. The van der Waals surface area contributed by atoms with Gasteiger partial charge in [0.15, 0.2) is 0 Å². The zero-order valence-corrected chi connectivity index (χ0v) is 10.5. The first-order valence-electron chi connectivity index (χ1n) is 5.53. The Kier molecular flexibility index (Phi) is 3.10. The Morgan fingerprint density at radius 1 is 1.28 bits per heavy atom. The van der Waals surface area contributed by atoms with Gasteiger partial charge in [0.2, 0.25) is 5.91 Å². The molecule has 1 amide bonds. The summed E-state index contributed by atoms with van der Waals surface area (Å²) >= 11 is 0. The molecule has 94 valence electrons. The van der Waals surface area contributed by atoms with Gasteiger partial charge >= 0.3 is 6.01 Å². The Labute approximate surface area is 104 Å². The molecule has 1 N–H and O–H groups in total. The Morgan fingerprint density at radius 3 is 2.67 bits per heavy atom. The molecular formula is C12H14N4O2. The largest absolute Gasteiger partial charge is 0.401 e. The lowest BCUT2D eigenvalue weighted by Crippen LogP contribution is -2.27. The van der Waals surface area contributed by atoms with Crippen LogP contribution in [0.4, 0.5) is 6.01 Å². The third-order valence-electron chi connectivity index (χ3n) is 2.21. The molecule has 0 bridgehead atoms. The van der Waals surface area contributed by atoms with Gasteiger partial charge in [0.25, 0.3) is 5.89 Å². The SMILES string of the molecule is CC(C)(C)C(=O)Nc1nnc(-c2ccccn2)o1. The van der Waals surface area contributed by atoms with Gasteiger partial charge in [-0.05, 0) is 12.1 Å². The van der Waals surface area contributed by atoms with E-state index in [1.54, 1.807) is 39.1 Å². The number of nitrogens with zero attached hydrogens (tertiary/aromatic N) is 3. The van der Waals surface area contributed by atoms with E-state index in [-0.39, 0.29) is 17.8 Å². The van der Waals surface area contributed by atoms with E-state index < -0.39 is 5.41 Å². The second kappa shape index (κ2) is 4.56. The monoisotopic (exact) mass is 246 g/mol. The standard InChI is InChI=1S/C12H14N4O2/c1-12(2,3)10(17)14-11-16-15-9(18-11)8-6-4-5-7-13-8/h4-7H,1-3H3,(H,14,16,17). The van der Waals surface area contributed by atoms with E-state index in [1.807, 2.05) is 6.07 Å². The van der Waals surface area contributed by atoms with Gasteiger partial charge in [0.05, 0.1) is 0 Å². The zero-order chi connectivity index (χ0) is 13.2. The van der Waals surface area contributed by atoms with Crippen molar-refractivity contribution >= 4 is 11.9 Å². The first kappa shape index (κ1) is 12.2. The third-order valence-corrected chi connectivity index (χ3v) is 2.21. The van der Waals surface area contributed by atoms with Crippen LogP contribution in [0.1, 0.15) is 20.8 Å². The van der Waals surface area contributed by atoms with Gasteiger partial charge in [0.1, 0.15) is 5.69 Å². The van der Waals surface area contributed by atoms with Crippen molar-refractivity contribution in [1.29, 1.82) is 0 Å². The normalized spacial score (nSPS) is 11.3. The van der Waals surface area contributed by atoms with E-state index in [9.17, 15) is 4.79 Å². The van der Waals surface area contributed by atoms with E-state index in [4.69, 9.17) is 4.42 Å². The summed E-state index contributed by atoms with van der Waals surface area (Å²) in [6, 6.07) is 5.45. The lowest BCUT2D eigenvalue weighted by Gasteiger charge is -2.15. The predicted molar refractivity (Wildman–Crippen MR) is 65.6 cm³/mol. The highest BCUT2D eigenvalue weighted by Gasteiger charge is 2.23. The first-order valence-corrected chi connectivity index (χ1v) is 5.53. The summed E-state index contributed by atoms with van der Waals surface area (Å²) in [7, 11) is 0. The fourth-order valence-corrected chi connectivity index (χ4v) is 1.15. The van der Waals surface area contributed by atoms with Crippen LogP contribution in [-0.2, 0) is 4.79 Å². The summed E-state index contributed by atoms with van der Waals surface area (Å²) in [5.74, 6) is 0.0959. The van der Waals surface area contributed by atoms with Gasteiger partial charge in [-0.3, -0.25) is 15.1 Å². The highest BCUT2D eigenvalue weighted by molar-refractivity contribution is 5.92. The average molecular weight is 246 g/mol. The number of nitrogens with one attached hydrogen (secondary N) is 1. The van der Waals surface area contributed by atoms with Crippen molar-refractivity contribution in [1.82, 2.24) is 15.2 Å². The number of amides is 1. The molecule has 18 heavy (non-hydrogen) atoms. The topological polar surface area (TPSA) is 80.9 Å². The van der Waals surface area contributed by atoms with Crippen molar-refractivity contribution in [2.24, 2.45) is 5.41 Å². The van der Waals surface area contributed by atoms with Crippen molar-refractivity contribution in [3.8, 4) is 11.6 Å². The smallest absolute Gasteiger partial charge is 0.322 e. The minimum absolute atomic E-state index is 0.0792. The molecule has 0 saturated heterocycles. The fourth-order valence-electron chi connectivity index (χ4n) is 1.15. The lowest BCUT2D eigenvalue weighted by molar-refractivity contribution is -0.123. The van der Waals surface area contributed by atoms with Crippen molar-refractivity contribution in [3.63, 3.8) is 0 Å². The number of pyridine rings is 1. The quantitative estimate of drug-likeness (QED) is 0.877. The molecule has 0 spiro atoms. The summed E-state index contributed by atoms with van der Waals surface area (Å²) < 4.78 is 5.32. The van der Waals surface area contributed by atoms with Crippen molar-refractivity contribution in [2.45, 2.75) is 20.8 Å². The highest BCUT2D eigenvalue weighted by Crippen LogP contribution is 2.19. The summed E-state index contributed by atoms with van der Waals surface area (Å²) in [6.07, 6.45) is 1.63. The third kappa shape index (κ3) is 2.71. The zero-order valence-electron chi connectivity index (χ0n) is 10.5. The van der Waals surface area contributed by atoms with Crippen LogP contribution >= 0.6 is 0 Å². The lowest BCUT2D eigenvalue weighted by atomic mass is 9.96. The molecule has 0 atom stereocenters. The second-order valence-electron chi connectivity index (χ2n) is 4.83. The molecule has 0 aromatic carbocycles. The van der Waals surface area contributed by atoms with E-state index in [2.05, 4.69) is 20.5 Å². The van der Waals surface area contributed by atoms with Crippen molar-refractivity contribution in [2.75, 3.05) is 5.32 Å². The molecule has 0 radical (unpaired) electrons. The van der Waals surface area contributed by atoms with Gasteiger partial charge in [-0.1, -0.05) is 31.9 Å². The summed E-state index contributed by atoms with van der Waals surface area (Å²) in [5.41, 5.74) is 0.0564. The van der Waals surface area contributed by atoms with Crippen LogP contribution in [0, 0.1) is 5.41 Å². The fraction of sp³-hybridized carbons (Fsp3) is 0.333. The van der Waals surface area contributed by atoms with Gasteiger partial charge in [-0.2, -0.15) is 0 Å². The van der Waals surface area contributed by atoms with E-state index >= 15 is 0 Å². The van der Waals surface area contributed by atoms with Gasteiger partial charge in [-0.15, -0.1) is 5.10 Å². The molecule has 0 aliphatic rings. The molecule has 2 rings (SSSR count). The Morgan fingerprint density at radius 2 is 2.06 bits per heavy atom. The van der Waals surface area contributed by atoms with Crippen LogP contribution < -0.4 is 5.32 Å². The second-order valence-corrected chi connectivity index (χ2v) is 4.83. The van der Waals surface area contributed by atoms with Crippen molar-refractivity contribution < 1.29 is 9.21 Å². The number of rotatable bonds is 2. The van der Waals surface area contributed by atoms with E-state index in [0.29, 0.717) is 5.69 Å². The predicted octanol–water partition coefficient (Wildman–Crippen LogP) is 2.12. The van der Waals surface area contributed by atoms with Crippen LogP contribution in [0.25, 0.3) is 11.6 Å². The Balaban J connectivity index is 2.15. The summed E-state index contributed by atoms with van der Waals surface area (Å²) in [6.45, 7) is 5.41. The van der Waals surface area contributed by atoms with Crippen LogP contribution in [0.2, 0.25) is 0 Å². The van der Waals surface area contributed by atoms with E-state index in [1.165, 1.54) is 0 Å². The molecule has 2 aromatic heterocycles. The number of carbonyl (C=O) groups excluding carboxylic acids is 1. The van der Waals surface area contributed by atoms with E-state index in [0.717, 1.165) is 0 Å². The van der Waals surface area contributed by atoms with Crippen LogP contribution in [-0.4, -0.2) is 21.1 Å². The maximum absolute atomic E-state index is 11.7. The summed E-state index contributed by atoms with van der Waals surface area (Å²) in [4.78, 5) is 15.8. The van der Waals surface area contributed by atoms with Crippen LogP contribution in [0.5, 0.6) is 0 Å².